The number of carboxylic acids is 1. The fourth-order valence-electron chi connectivity index (χ4n) is 3.35. The fraction of sp³-hybridized carbons (Fsp3) is 0.240. The molecule has 0 aliphatic carbocycles. The molecule has 2 aromatic carbocycles. The van der Waals surface area contributed by atoms with E-state index in [0.29, 0.717) is 24.6 Å². The molecule has 7 heteroatoms. The van der Waals surface area contributed by atoms with Crippen molar-refractivity contribution in [3.8, 4) is 17.0 Å². The first kappa shape index (κ1) is 23.5. The Morgan fingerprint density at radius 2 is 1.88 bits per heavy atom. The minimum atomic E-state index is -1.01. The standard InChI is InChI=1S/C25H28N2O4S/c1-17-15-21(8-12-24(17)30-16-25(28)29)19(3)26-31-14-13-27-18(2)5-11-23(27)20-6-9-22(32-4)10-7-20/h5-12,15,26H,3,13-14,16H2,1-2,4H3,(H,28,29). The van der Waals surface area contributed by atoms with Gasteiger partial charge < -0.3 is 14.4 Å². The summed E-state index contributed by atoms with van der Waals surface area (Å²) >= 11 is 1.73. The van der Waals surface area contributed by atoms with E-state index in [2.05, 4.69) is 66.2 Å². The summed E-state index contributed by atoms with van der Waals surface area (Å²) in [6.07, 6.45) is 2.07. The van der Waals surface area contributed by atoms with Gasteiger partial charge in [-0.15, -0.1) is 11.8 Å². The molecular formula is C25H28N2O4S. The van der Waals surface area contributed by atoms with Crippen molar-refractivity contribution in [2.24, 2.45) is 0 Å². The zero-order valence-corrected chi connectivity index (χ0v) is 19.4. The second-order valence-corrected chi connectivity index (χ2v) is 8.21. The van der Waals surface area contributed by atoms with Crippen molar-refractivity contribution in [3.05, 3.63) is 78.0 Å². The number of thioether (sulfide) groups is 1. The highest BCUT2D eigenvalue weighted by Gasteiger charge is 2.09. The van der Waals surface area contributed by atoms with Crippen molar-refractivity contribution in [2.45, 2.75) is 25.3 Å². The lowest BCUT2D eigenvalue weighted by Gasteiger charge is -2.15. The van der Waals surface area contributed by atoms with Crippen LogP contribution in [0.25, 0.3) is 17.0 Å². The first-order valence-corrected chi connectivity index (χ1v) is 11.4. The molecule has 3 rings (SSSR count). The molecule has 6 nitrogen and oxygen atoms in total. The number of benzene rings is 2. The maximum Gasteiger partial charge on any atom is 0.341 e. The van der Waals surface area contributed by atoms with Crippen LogP contribution in [0, 0.1) is 13.8 Å². The second kappa shape index (κ2) is 10.9. The number of nitrogens with one attached hydrogen (secondary N) is 1. The quantitative estimate of drug-likeness (QED) is 0.238. The van der Waals surface area contributed by atoms with Crippen LogP contribution >= 0.6 is 11.8 Å². The molecule has 0 radical (unpaired) electrons. The summed E-state index contributed by atoms with van der Waals surface area (Å²) in [4.78, 5) is 17.6. The van der Waals surface area contributed by atoms with E-state index in [9.17, 15) is 4.79 Å². The molecule has 0 unspecified atom stereocenters. The lowest BCUT2D eigenvalue weighted by atomic mass is 10.1. The molecule has 1 aromatic heterocycles. The predicted octanol–water partition coefficient (Wildman–Crippen LogP) is 5.15. The first-order valence-electron chi connectivity index (χ1n) is 10.2. The third-order valence-electron chi connectivity index (χ3n) is 5.07. The number of hydroxylamine groups is 1. The molecule has 0 bridgehead atoms. The van der Waals surface area contributed by atoms with Gasteiger partial charge in [0.2, 0.25) is 0 Å². The third-order valence-corrected chi connectivity index (χ3v) is 5.82. The van der Waals surface area contributed by atoms with Crippen molar-refractivity contribution >= 4 is 23.4 Å². The zero-order valence-electron chi connectivity index (χ0n) is 18.6. The highest BCUT2D eigenvalue weighted by atomic mass is 32.2. The largest absolute Gasteiger partial charge is 0.482 e. The number of carboxylic acid groups (broad SMARTS) is 1. The predicted molar refractivity (Wildman–Crippen MR) is 129 cm³/mol. The fourth-order valence-corrected chi connectivity index (χ4v) is 3.76. The van der Waals surface area contributed by atoms with Crippen LogP contribution in [0.1, 0.15) is 16.8 Å². The number of carbonyl (C=O) groups is 1. The zero-order chi connectivity index (χ0) is 23.1. The van der Waals surface area contributed by atoms with Gasteiger partial charge in [0.1, 0.15) is 5.75 Å². The molecule has 3 aromatic rings. The van der Waals surface area contributed by atoms with Gasteiger partial charge in [-0.05, 0) is 79.3 Å². The number of rotatable bonds is 11. The average molecular weight is 453 g/mol. The van der Waals surface area contributed by atoms with Crippen LogP contribution in [0.3, 0.4) is 0 Å². The summed E-state index contributed by atoms with van der Waals surface area (Å²) in [6.45, 7) is 8.75. The van der Waals surface area contributed by atoms with Crippen molar-refractivity contribution in [1.29, 1.82) is 0 Å². The van der Waals surface area contributed by atoms with E-state index in [1.807, 2.05) is 19.1 Å². The summed E-state index contributed by atoms with van der Waals surface area (Å²) < 4.78 is 7.49. The van der Waals surface area contributed by atoms with Crippen LogP contribution in [-0.4, -0.2) is 35.1 Å². The van der Waals surface area contributed by atoms with E-state index in [1.165, 1.54) is 16.2 Å². The minimum absolute atomic E-state index is 0.370. The van der Waals surface area contributed by atoms with E-state index < -0.39 is 5.97 Å². The van der Waals surface area contributed by atoms with Crippen molar-refractivity contribution in [1.82, 2.24) is 10.0 Å². The number of ether oxygens (including phenoxy) is 1. The normalized spacial score (nSPS) is 10.7. The van der Waals surface area contributed by atoms with Gasteiger partial charge in [-0.25, -0.2) is 4.79 Å². The number of nitrogens with zero attached hydrogens (tertiary/aromatic N) is 1. The number of aliphatic carboxylic acids is 1. The number of aromatic nitrogens is 1. The second-order valence-electron chi connectivity index (χ2n) is 7.33. The molecule has 32 heavy (non-hydrogen) atoms. The third kappa shape index (κ3) is 5.96. The van der Waals surface area contributed by atoms with Gasteiger partial charge in [0.15, 0.2) is 6.61 Å². The summed E-state index contributed by atoms with van der Waals surface area (Å²) in [5.74, 6) is -0.475. The van der Waals surface area contributed by atoms with Crippen LogP contribution < -0.4 is 10.2 Å². The highest BCUT2D eigenvalue weighted by molar-refractivity contribution is 7.98. The van der Waals surface area contributed by atoms with Crippen molar-refractivity contribution in [2.75, 3.05) is 19.5 Å². The van der Waals surface area contributed by atoms with Gasteiger partial charge in [0.05, 0.1) is 12.3 Å². The Labute approximate surface area is 192 Å². The van der Waals surface area contributed by atoms with Gasteiger partial charge in [0, 0.05) is 22.8 Å². The van der Waals surface area contributed by atoms with Gasteiger partial charge >= 0.3 is 5.97 Å². The Hall–Kier alpha value is -3.16. The van der Waals surface area contributed by atoms with E-state index >= 15 is 0 Å². The van der Waals surface area contributed by atoms with Crippen LogP contribution in [0.4, 0.5) is 0 Å². The van der Waals surface area contributed by atoms with Crippen LogP contribution in [0.5, 0.6) is 5.75 Å². The first-order chi connectivity index (χ1) is 15.4. The Kier molecular flexibility index (Phi) is 8.03. The van der Waals surface area contributed by atoms with Crippen molar-refractivity contribution < 1.29 is 19.5 Å². The van der Waals surface area contributed by atoms with E-state index in [-0.39, 0.29) is 6.61 Å². The van der Waals surface area contributed by atoms with Crippen LogP contribution in [0.15, 0.2) is 66.1 Å². The average Bonchev–Trinajstić information content (AvgIpc) is 3.15. The number of aryl methyl sites for hydroxylation is 2. The summed E-state index contributed by atoms with van der Waals surface area (Å²) in [7, 11) is 0. The summed E-state index contributed by atoms with van der Waals surface area (Å²) in [5, 5.41) is 8.75. The van der Waals surface area contributed by atoms with Crippen LogP contribution in [0.2, 0.25) is 0 Å². The summed E-state index contributed by atoms with van der Waals surface area (Å²) in [6, 6.07) is 18.2. The van der Waals surface area contributed by atoms with Gasteiger partial charge in [-0.2, -0.15) is 0 Å². The maximum absolute atomic E-state index is 10.7. The maximum atomic E-state index is 10.7. The summed E-state index contributed by atoms with van der Waals surface area (Å²) in [5.41, 5.74) is 8.70. The van der Waals surface area contributed by atoms with Crippen LogP contribution in [-0.2, 0) is 16.2 Å². The molecule has 0 aliphatic rings. The Morgan fingerprint density at radius 1 is 1.12 bits per heavy atom. The minimum Gasteiger partial charge on any atom is -0.482 e. The molecule has 0 saturated carbocycles. The topological polar surface area (TPSA) is 72.7 Å². The smallest absolute Gasteiger partial charge is 0.341 e. The SMILES string of the molecule is C=C(NOCCn1c(C)ccc1-c1ccc(SC)cc1)c1ccc(OCC(=O)O)c(C)c1. The highest BCUT2D eigenvalue weighted by Crippen LogP contribution is 2.25. The number of hydrogen-bond donors (Lipinski definition) is 2. The molecule has 168 valence electrons. The molecular weight excluding hydrogens is 424 g/mol. The number of hydrogen-bond acceptors (Lipinski definition) is 5. The lowest BCUT2D eigenvalue weighted by Crippen LogP contribution is -2.17. The Bertz CT molecular complexity index is 1090. The molecule has 1 heterocycles. The molecule has 0 amide bonds. The van der Waals surface area contributed by atoms with Gasteiger partial charge in [-0.3, -0.25) is 10.3 Å². The molecule has 0 saturated heterocycles. The Balaban J connectivity index is 1.55. The molecule has 2 N–H and O–H groups in total. The van der Waals surface area contributed by atoms with E-state index in [0.717, 1.165) is 16.8 Å². The molecule has 0 fully saturated rings. The van der Waals surface area contributed by atoms with E-state index in [1.54, 1.807) is 17.8 Å². The van der Waals surface area contributed by atoms with Gasteiger partial charge in [0.25, 0.3) is 0 Å². The van der Waals surface area contributed by atoms with Gasteiger partial charge in [-0.1, -0.05) is 18.7 Å². The molecule has 0 atom stereocenters. The van der Waals surface area contributed by atoms with Crippen molar-refractivity contribution in [3.63, 3.8) is 0 Å². The Morgan fingerprint density at radius 3 is 2.53 bits per heavy atom. The lowest BCUT2D eigenvalue weighted by molar-refractivity contribution is -0.139. The van der Waals surface area contributed by atoms with E-state index in [4.69, 9.17) is 14.7 Å². The molecule has 0 aliphatic heterocycles. The monoisotopic (exact) mass is 452 g/mol. The molecule has 0 spiro atoms.